The molecule has 348 valence electrons. The van der Waals surface area contributed by atoms with E-state index in [9.17, 15) is 0 Å². The molecule has 0 aliphatic carbocycles. The summed E-state index contributed by atoms with van der Waals surface area (Å²) in [6.45, 7) is -0.137. The Morgan fingerprint density at radius 2 is 0.581 bits per heavy atom. The molecule has 15 rings (SSSR count). The van der Waals surface area contributed by atoms with Crippen LogP contribution in [0.15, 0.2) is 287 Å². The Labute approximate surface area is 440 Å². The highest BCUT2D eigenvalue weighted by Gasteiger charge is 2.46. The van der Waals surface area contributed by atoms with Crippen molar-refractivity contribution in [3.8, 4) is 0 Å². The second-order valence-electron chi connectivity index (χ2n) is 18.9. The fourth-order valence-electron chi connectivity index (χ4n) is 11.6. The Bertz CT molecular complexity index is 3690. The van der Waals surface area contributed by atoms with Gasteiger partial charge in [-0.1, -0.05) is 157 Å². The lowest BCUT2D eigenvalue weighted by Gasteiger charge is -2.46. The third kappa shape index (κ3) is 6.83. The first-order valence-corrected chi connectivity index (χ1v) is 26.8. The Morgan fingerprint density at radius 3 is 0.959 bits per heavy atom. The van der Waals surface area contributed by atoms with Crippen LogP contribution >= 0.6 is 23.5 Å². The van der Waals surface area contributed by atoms with E-state index >= 15 is 0 Å². The number of hydrogen-bond donors (Lipinski definition) is 0. The predicted octanol–water partition coefficient (Wildman–Crippen LogP) is 17.1. The lowest BCUT2D eigenvalue weighted by atomic mass is 9.33. The number of nitrogens with zero attached hydrogens (tertiary/aromatic N) is 5. The molecule has 0 bridgehead atoms. The second kappa shape index (κ2) is 17.4. The minimum atomic E-state index is -0.137. The van der Waals surface area contributed by atoms with Crippen molar-refractivity contribution in [2.45, 2.75) is 19.6 Å². The van der Waals surface area contributed by atoms with Crippen molar-refractivity contribution < 1.29 is 0 Å². The standard InChI is InChI=1S/C66H44BN5S2/c1-7-23-45(24-8-1)68(46-25-9-2-10-26-46)51-39-60-66-61(40-51)72(50-33-17-6-18-34-50)57-44-59-65(74-63-38-22-20-36-55(63)70(59)48-29-13-4-14-30-48)42-53(57)67(66)52-41-64-58(43-56(52)71(60)49-31-15-5-16-32-49)69(47-27-11-3-12-28-47)54-35-19-21-37-62(54)73-64/h1-44H. The molecule has 8 heteroatoms. The van der Waals surface area contributed by atoms with Crippen molar-refractivity contribution in [2.24, 2.45) is 0 Å². The minimum absolute atomic E-state index is 0.137. The van der Waals surface area contributed by atoms with Gasteiger partial charge in [-0.15, -0.1) is 0 Å². The number of para-hydroxylation sites is 8. The van der Waals surface area contributed by atoms with Crippen LogP contribution < -0.4 is 40.9 Å². The van der Waals surface area contributed by atoms with Gasteiger partial charge in [0.15, 0.2) is 0 Å². The van der Waals surface area contributed by atoms with Gasteiger partial charge in [0.1, 0.15) is 0 Å². The topological polar surface area (TPSA) is 16.2 Å². The molecule has 4 heterocycles. The van der Waals surface area contributed by atoms with Crippen LogP contribution in [0.2, 0.25) is 0 Å². The average molecular weight is 982 g/mol. The van der Waals surface area contributed by atoms with Crippen LogP contribution in [0.25, 0.3) is 0 Å². The smallest absolute Gasteiger partial charge is 0.252 e. The molecule has 4 aliphatic heterocycles. The minimum Gasteiger partial charge on any atom is -0.311 e. The third-order valence-corrected chi connectivity index (χ3v) is 16.9. The second-order valence-corrected chi connectivity index (χ2v) is 21.1. The molecule has 0 amide bonds. The summed E-state index contributed by atoms with van der Waals surface area (Å²) < 4.78 is 0. The number of fused-ring (bicyclic) bond motifs is 8. The molecule has 4 aliphatic rings. The van der Waals surface area contributed by atoms with E-state index in [-0.39, 0.29) is 6.71 Å². The lowest BCUT2D eigenvalue weighted by molar-refractivity contribution is 1.15. The van der Waals surface area contributed by atoms with Crippen LogP contribution in [0.3, 0.4) is 0 Å². The van der Waals surface area contributed by atoms with Gasteiger partial charge in [0.25, 0.3) is 6.71 Å². The molecule has 0 N–H and O–H groups in total. The third-order valence-electron chi connectivity index (χ3n) is 14.7. The highest BCUT2D eigenvalue weighted by molar-refractivity contribution is 8.00. The number of anilines is 15. The monoisotopic (exact) mass is 981 g/mol. The molecule has 0 radical (unpaired) electrons. The number of rotatable bonds is 7. The molecular formula is C66H44BN5S2. The summed E-state index contributed by atoms with van der Waals surface area (Å²) in [6, 6.07) is 98.0. The first-order chi connectivity index (χ1) is 36.7. The van der Waals surface area contributed by atoms with Crippen molar-refractivity contribution in [3.05, 3.63) is 267 Å². The van der Waals surface area contributed by atoms with Crippen molar-refractivity contribution in [1.82, 2.24) is 0 Å². The highest BCUT2D eigenvalue weighted by Crippen LogP contribution is 2.57. The Hall–Kier alpha value is -8.82. The van der Waals surface area contributed by atoms with Crippen LogP contribution in [-0.2, 0) is 0 Å². The van der Waals surface area contributed by atoms with Gasteiger partial charge in [-0.25, -0.2) is 0 Å². The Balaban J connectivity index is 1.07. The van der Waals surface area contributed by atoms with Crippen LogP contribution in [0, 0.1) is 0 Å². The summed E-state index contributed by atoms with van der Waals surface area (Å²) in [5.74, 6) is 0. The first kappa shape index (κ1) is 42.8. The van der Waals surface area contributed by atoms with Gasteiger partial charge in [-0.05, 0) is 150 Å². The average Bonchev–Trinajstić information content (AvgIpc) is 3.46. The maximum absolute atomic E-state index is 2.55. The number of hydrogen-bond acceptors (Lipinski definition) is 7. The maximum atomic E-state index is 2.55. The van der Waals surface area contributed by atoms with Crippen molar-refractivity contribution in [1.29, 1.82) is 0 Å². The normalized spacial score (nSPS) is 13.4. The molecule has 0 saturated carbocycles. The highest BCUT2D eigenvalue weighted by atomic mass is 32.2. The molecule has 0 fully saturated rings. The fourth-order valence-corrected chi connectivity index (χ4v) is 13.8. The zero-order valence-electron chi connectivity index (χ0n) is 40.0. The molecule has 0 aromatic heterocycles. The summed E-state index contributed by atoms with van der Waals surface area (Å²) in [5.41, 5.74) is 20.8. The van der Waals surface area contributed by atoms with E-state index in [2.05, 4.69) is 291 Å². The molecule has 0 atom stereocenters. The summed E-state index contributed by atoms with van der Waals surface area (Å²) in [7, 11) is 0. The van der Waals surface area contributed by atoms with Gasteiger partial charge in [0.2, 0.25) is 0 Å². The molecule has 5 nitrogen and oxygen atoms in total. The fraction of sp³-hybridized carbons (Fsp3) is 0. The molecule has 11 aromatic carbocycles. The summed E-state index contributed by atoms with van der Waals surface area (Å²) in [5, 5.41) is 0. The van der Waals surface area contributed by atoms with E-state index < -0.39 is 0 Å². The molecule has 74 heavy (non-hydrogen) atoms. The van der Waals surface area contributed by atoms with Crippen molar-refractivity contribution in [3.63, 3.8) is 0 Å². The maximum Gasteiger partial charge on any atom is 0.252 e. The van der Waals surface area contributed by atoms with Gasteiger partial charge in [0, 0.05) is 76.5 Å². The van der Waals surface area contributed by atoms with Gasteiger partial charge in [-0.3, -0.25) is 0 Å². The zero-order valence-corrected chi connectivity index (χ0v) is 41.7. The van der Waals surface area contributed by atoms with E-state index in [0.29, 0.717) is 0 Å². The van der Waals surface area contributed by atoms with Crippen LogP contribution in [-0.4, -0.2) is 6.71 Å². The molecule has 11 aromatic rings. The zero-order chi connectivity index (χ0) is 48.7. The molecular weight excluding hydrogens is 938 g/mol. The van der Waals surface area contributed by atoms with Gasteiger partial charge in [-0.2, -0.15) is 0 Å². The lowest BCUT2D eigenvalue weighted by Crippen LogP contribution is -2.61. The largest absolute Gasteiger partial charge is 0.311 e. The summed E-state index contributed by atoms with van der Waals surface area (Å²) in [4.78, 5) is 17.3. The van der Waals surface area contributed by atoms with Crippen LogP contribution in [0.4, 0.5) is 85.3 Å². The SMILES string of the molecule is c1ccc(N(c2ccccc2)c2cc3c4c(c2)N(c2ccccc2)c2cc5c(cc2B4c2cc4c(cc2N3c2ccccc2)N(c2ccccc2)c2ccccc2S4)Sc2ccccc2N5c2ccccc2)cc1. The molecule has 0 unspecified atom stereocenters. The van der Waals surface area contributed by atoms with E-state index in [1.807, 2.05) is 23.5 Å². The molecule has 0 spiro atoms. The van der Waals surface area contributed by atoms with E-state index in [0.717, 1.165) is 73.9 Å². The summed E-state index contributed by atoms with van der Waals surface area (Å²) in [6.07, 6.45) is 0. The quantitative estimate of drug-likeness (QED) is 0.146. The van der Waals surface area contributed by atoms with E-state index in [1.54, 1.807) is 0 Å². The Kier molecular flexibility index (Phi) is 10.1. The van der Waals surface area contributed by atoms with Crippen LogP contribution in [0.1, 0.15) is 0 Å². The van der Waals surface area contributed by atoms with Crippen LogP contribution in [0.5, 0.6) is 0 Å². The predicted molar refractivity (Wildman–Crippen MR) is 313 cm³/mol. The number of benzene rings is 11. The van der Waals surface area contributed by atoms with Gasteiger partial charge in [0.05, 0.1) is 28.4 Å². The van der Waals surface area contributed by atoms with Gasteiger partial charge >= 0.3 is 0 Å². The molecule has 0 saturated heterocycles. The van der Waals surface area contributed by atoms with Gasteiger partial charge < -0.3 is 24.5 Å². The van der Waals surface area contributed by atoms with E-state index in [4.69, 9.17) is 0 Å². The van der Waals surface area contributed by atoms with Crippen molar-refractivity contribution in [2.75, 3.05) is 24.5 Å². The van der Waals surface area contributed by atoms with Crippen molar-refractivity contribution >= 4 is 132 Å². The first-order valence-electron chi connectivity index (χ1n) is 25.1. The Morgan fingerprint density at radius 1 is 0.257 bits per heavy atom. The summed E-state index contributed by atoms with van der Waals surface area (Å²) >= 11 is 3.74. The van der Waals surface area contributed by atoms with E-state index in [1.165, 1.54) is 47.3 Å².